The lowest BCUT2D eigenvalue weighted by atomic mass is 10.0. The molecule has 0 saturated carbocycles. The molecular formula is C22H22Cl3N. The first kappa shape index (κ1) is 19.5. The second-order valence-electron chi connectivity index (χ2n) is 7.01. The van der Waals surface area contributed by atoms with E-state index in [0.717, 1.165) is 25.9 Å². The fourth-order valence-electron chi connectivity index (χ4n) is 3.69. The van der Waals surface area contributed by atoms with Gasteiger partial charge in [-0.1, -0.05) is 53.5 Å². The number of benzene rings is 3. The van der Waals surface area contributed by atoms with Gasteiger partial charge < -0.3 is 0 Å². The molecule has 0 spiro atoms. The number of nitrogens with zero attached hydrogens (tertiary/aromatic N) is 1. The van der Waals surface area contributed by atoms with Crippen molar-refractivity contribution in [3.63, 3.8) is 0 Å². The van der Waals surface area contributed by atoms with Gasteiger partial charge in [-0.2, -0.15) is 0 Å². The van der Waals surface area contributed by atoms with Crippen molar-refractivity contribution in [1.29, 1.82) is 0 Å². The minimum atomic E-state index is 0. The summed E-state index contributed by atoms with van der Waals surface area (Å²) in [4.78, 5) is 2.57. The Hall–Kier alpha value is -1.25. The van der Waals surface area contributed by atoms with Crippen LogP contribution in [-0.2, 0) is 19.5 Å². The second kappa shape index (κ2) is 8.19. The summed E-state index contributed by atoms with van der Waals surface area (Å²) in [5, 5.41) is 3.95. The van der Waals surface area contributed by atoms with Crippen molar-refractivity contribution in [2.24, 2.45) is 0 Å². The van der Waals surface area contributed by atoms with E-state index in [1.807, 2.05) is 12.1 Å². The normalized spacial score (nSPS) is 14.9. The van der Waals surface area contributed by atoms with Gasteiger partial charge in [0.2, 0.25) is 0 Å². The van der Waals surface area contributed by atoms with Crippen molar-refractivity contribution in [3.8, 4) is 0 Å². The molecule has 26 heavy (non-hydrogen) atoms. The Morgan fingerprint density at radius 2 is 1.50 bits per heavy atom. The number of aryl methyl sites for hydroxylation is 1. The molecule has 1 aliphatic rings. The third-order valence-electron chi connectivity index (χ3n) is 5.27. The Bertz CT molecular complexity index is 878. The molecule has 1 nitrogen and oxygen atoms in total. The van der Waals surface area contributed by atoms with E-state index >= 15 is 0 Å². The molecule has 3 aromatic rings. The molecular weight excluding hydrogens is 385 g/mol. The van der Waals surface area contributed by atoms with Crippen molar-refractivity contribution in [3.05, 3.63) is 81.3 Å². The summed E-state index contributed by atoms with van der Waals surface area (Å²) >= 11 is 12.1. The smallest absolute Gasteiger partial charge is 0.0595 e. The zero-order valence-corrected chi connectivity index (χ0v) is 17.0. The third-order valence-corrected chi connectivity index (χ3v) is 6.01. The van der Waals surface area contributed by atoms with Crippen LogP contribution < -0.4 is 0 Å². The van der Waals surface area contributed by atoms with Gasteiger partial charge in [-0.25, -0.2) is 0 Å². The number of fused-ring (bicyclic) bond motifs is 2. The predicted octanol–water partition coefficient (Wildman–Crippen LogP) is 6.91. The summed E-state index contributed by atoms with van der Waals surface area (Å²) in [7, 11) is 0. The molecule has 0 aromatic heterocycles. The molecule has 136 valence electrons. The van der Waals surface area contributed by atoms with Crippen LogP contribution in [0.4, 0.5) is 0 Å². The fraction of sp³-hybridized carbons (Fsp3) is 0.273. The third kappa shape index (κ3) is 4.02. The topological polar surface area (TPSA) is 3.24 Å². The van der Waals surface area contributed by atoms with E-state index in [1.165, 1.54) is 27.5 Å². The van der Waals surface area contributed by atoms with Crippen LogP contribution >= 0.6 is 35.6 Å². The van der Waals surface area contributed by atoms with Crippen LogP contribution in [0.2, 0.25) is 10.0 Å². The quantitative estimate of drug-likeness (QED) is 0.455. The lowest BCUT2D eigenvalue weighted by Crippen LogP contribution is -2.28. The molecule has 0 N–H and O–H groups in total. The molecule has 0 amide bonds. The molecule has 1 atom stereocenters. The molecule has 1 aliphatic heterocycles. The van der Waals surface area contributed by atoms with Crippen LogP contribution in [-0.4, -0.2) is 10.9 Å². The zero-order valence-electron chi connectivity index (χ0n) is 14.7. The summed E-state index contributed by atoms with van der Waals surface area (Å²) in [5.74, 6) is 0. The molecule has 3 aromatic carbocycles. The molecule has 0 aliphatic carbocycles. The van der Waals surface area contributed by atoms with Crippen LogP contribution in [0.25, 0.3) is 10.8 Å². The van der Waals surface area contributed by atoms with Crippen LogP contribution in [0.5, 0.6) is 0 Å². The molecule has 4 heteroatoms. The first-order valence-electron chi connectivity index (χ1n) is 8.78. The Kier molecular flexibility index (Phi) is 6.14. The van der Waals surface area contributed by atoms with Crippen molar-refractivity contribution < 1.29 is 0 Å². The van der Waals surface area contributed by atoms with Gasteiger partial charge >= 0.3 is 0 Å². The summed E-state index contributed by atoms with van der Waals surface area (Å²) in [6.45, 7) is 4.41. The van der Waals surface area contributed by atoms with Crippen molar-refractivity contribution in [1.82, 2.24) is 4.90 Å². The monoisotopic (exact) mass is 405 g/mol. The maximum atomic E-state index is 6.13. The number of hydrogen-bond acceptors (Lipinski definition) is 1. The molecule has 0 unspecified atom stereocenters. The fourth-order valence-corrected chi connectivity index (χ4v) is 4.01. The highest BCUT2D eigenvalue weighted by Crippen LogP contribution is 2.30. The Labute approximate surface area is 171 Å². The van der Waals surface area contributed by atoms with E-state index in [0.29, 0.717) is 16.1 Å². The van der Waals surface area contributed by atoms with Crippen LogP contribution in [0.1, 0.15) is 30.0 Å². The molecule has 0 fully saturated rings. The number of hydrogen-bond donors (Lipinski definition) is 0. The molecule has 0 bridgehead atoms. The molecule has 0 radical (unpaired) electrons. The summed E-state index contributed by atoms with van der Waals surface area (Å²) in [6, 6.07) is 19.8. The van der Waals surface area contributed by atoms with E-state index in [2.05, 4.69) is 54.3 Å². The van der Waals surface area contributed by atoms with Gasteiger partial charge in [-0.3, -0.25) is 4.90 Å². The predicted molar refractivity (Wildman–Crippen MR) is 115 cm³/mol. The van der Waals surface area contributed by atoms with Crippen molar-refractivity contribution in [2.45, 2.75) is 38.9 Å². The maximum absolute atomic E-state index is 6.13. The van der Waals surface area contributed by atoms with Crippen LogP contribution in [0, 0.1) is 0 Å². The van der Waals surface area contributed by atoms with Crippen molar-refractivity contribution >= 4 is 46.4 Å². The summed E-state index contributed by atoms with van der Waals surface area (Å²) < 4.78 is 0. The highest BCUT2D eigenvalue weighted by atomic mass is 35.5. The minimum Gasteiger partial charge on any atom is -0.292 e. The number of halogens is 3. The van der Waals surface area contributed by atoms with E-state index in [1.54, 1.807) is 0 Å². The van der Waals surface area contributed by atoms with E-state index in [-0.39, 0.29) is 12.4 Å². The summed E-state index contributed by atoms with van der Waals surface area (Å²) in [5.41, 5.74) is 4.20. The molecule has 4 rings (SSSR count). The van der Waals surface area contributed by atoms with Gasteiger partial charge in [0.1, 0.15) is 0 Å². The van der Waals surface area contributed by atoms with Gasteiger partial charge in [0.15, 0.2) is 0 Å². The molecule has 0 saturated heterocycles. The average Bonchev–Trinajstić information content (AvgIpc) is 3.03. The van der Waals surface area contributed by atoms with E-state index < -0.39 is 0 Å². The Morgan fingerprint density at radius 1 is 0.885 bits per heavy atom. The van der Waals surface area contributed by atoms with Crippen molar-refractivity contribution in [2.75, 3.05) is 0 Å². The summed E-state index contributed by atoms with van der Waals surface area (Å²) in [6.07, 6.45) is 2.14. The largest absolute Gasteiger partial charge is 0.292 e. The van der Waals surface area contributed by atoms with Gasteiger partial charge in [-0.05, 0) is 71.5 Å². The van der Waals surface area contributed by atoms with Crippen LogP contribution in [0.3, 0.4) is 0 Å². The standard InChI is InChI=1S/C22H21Cl2N.ClH/c1-15(6-7-16-8-9-21(23)22(24)10-16)25-13-19-11-17-4-2-3-5-18(17)12-20(19)14-25;/h2-5,8-12,15H,6-7,13-14H2,1H3;1H/t15-;/m1./s1. The zero-order chi connectivity index (χ0) is 17.4. The van der Waals surface area contributed by atoms with E-state index in [9.17, 15) is 0 Å². The first-order valence-corrected chi connectivity index (χ1v) is 9.54. The maximum Gasteiger partial charge on any atom is 0.0595 e. The highest BCUT2D eigenvalue weighted by molar-refractivity contribution is 6.42. The van der Waals surface area contributed by atoms with Gasteiger partial charge in [0.25, 0.3) is 0 Å². The molecule has 1 heterocycles. The average molecular weight is 407 g/mol. The van der Waals surface area contributed by atoms with Gasteiger partial charge in [-0.15, -0.1) is 12.4 Å². The van der Waals surface area contributed by atoms with Gasteiger partial charge in [0, 0.05) is 19.1 Å². The lowest BCUT2D eigenvalue weighted by molar-refractivity contribution is 0.203. The Balaban J connectivity index is 0.00000196. The highest BCUT2D eigenvalue weighted by Gasteiger charge is 2.23. The SMILES string of the molecule is C[C@H](CCc1ccc(Cl)c(Cl)c1)N1Cc2cc3ccccc3cc2C1.Cl. The van der Waals surface area contributed by atoms with Gasteiger partial charge in [0.05, 0.1) is 10.0 Å². The second-order valence-corrected chi connectivity index (χ2v) is 7.82. The Morgan fingerprint density at radius 3 is 2.08 bits per heavy atom. The number of rotatable bonds is 4. The van der Waals surface area contributed by atoms with E-state index in [4.69, 9.17) is 23.2 Å². The first-order chi connectivity index (χ1) is 12.1. The lowest BCUT2D eigenvalue weighted by Gasteiger charge is -2.23. The van der Waals surface area contributed by atoms with Crippen LogP contribution in [0.15, 0.2) is 54.6 Å². The minimum absolute atomic E-state index is 0.